The first-order valence-corrected chi connectivity index (χ1v) is 19.7. The first-order valence-electron chi connectivity index (χ1n) is 19.7. The second-order valence-electron chi connectivity index (χ2n) is 15.8. The van der Waals surface area contributed by atoms with Gasteiger partial charge in [0, 0.05) is 22.1 Å². The Hall–Kier alpha value is -7.16. The molecule has 2 heteroatoms. The summed E-state index contributed by atoms with van der Waals surface area (Å²) >= 11 is 0. The van der Waals surface area contributed by atoms with Crippen LogP contribution in [0.2, 0.25) is 0 Å². The highest BCUT2D eigenvalue weighted by molar-refractivity contribution is 6.05. The predicted octanol–water partition coefficient (Wildman–Crippen LogP) is 14.6. The summed E-state index contributed by atoms with van der Waals surface area (Å²) < 4.78 is 0. The summed E-state index contributed by atoms with van der Waals surface area (Å²) in [6, 6.07) is 70.2. The summed E-state index contributed by atoms with van der Waals surface area (Å²) in [4.78, 5) is 10.5. The lowest BCUT2D eigenvalue weighted by atomic mass is 9.81. The number of aromatic nitrogens is 2. The fourth-order valence-corrected chi connectivity index (χ4v) is 9.03. The summed E-state index contributed by atoms with van der Waals surface area (Å²) in [5.41, 5.74) is 15.1. The van der Waals surface area contributed by atoms with Crippen molar-refractivity contribution in [1.29, 1.82) is 0 Å². The van der Waals surface area contributed by atoms with Gasteiger partial charge in [0.2, 0.25) is 0 Å². The minimum Gasteiger partial charge on any atom is -0.228 e. The topological polar surface area (TPSA) is 25.8 Å². The molecule has 9 aromatic carbocycles. The number of nitrogens with zero attached hydrogens (tertiary/aromatic N) is 2. The van der Waals surface area contributed by atoms with Crippen molar-refractivity contribution >= 4 is 32.3 Å². The summed E-state index contributed by atoms with van der Waals surface area (Å²) in [5.74, 6) is 0.714. The van der Waals surface area contributed by atoms with Gasteiger partial charge in [0.1, 0.15) is 0 Å². The number of hydrogen-bond donors (Lipinski definition) is 0. The Balaban J connectivity index is 1.01. The van der Waals surface area contributed by atoms with Crippen molar-refractivity contribution in [2.45, 2.75) is 19.3 Å². The second kappa shape index (κ2) is 13.0. The van der Waals surface area contributed by atoms with Gasteiger partial charge >= 0.3 is 0 Å². The van der Waals surface area contributed by atoms with Crippen molar-refractivity contribution in [2.24, 2.45) is 0 Å². The lowest BCUT2D eigenvalue weighted by Crippen LogP contribution is -2.15. The third-order valence-corrected chi connectivity index (χ3v) is 12.1. The van der Waals surface area contributed by atoms with E-state index >= 15 is 0 Å². The van der Waals surface area contributed by atoms with Crippen LogP contribution in [0.15, 0.2) is 194 Å². The number of fused-ring (bicyclic) bond motifs is 6. The van der Waals surface area contributed by atoms with Gasteiger partial charge in [-0.05, 0) is 119 Å². The fraction of sp³-hybridized carbons (Fsp3) is 0.0545. The van der Waals surface area contributed by atoms with Gasteiger partial charge in [0.05, 0.1) is 11.4 Å². The van der Waals surface area contributed by atoms with Crippen LogP contribution in [-0.2, 0) is 5.41 Å². The van der Waals surface area contributed by atoms with E-state index in [0.717, 1.165) is 33.5 Å². The van der Waals surface area contributed by atoms with Crippen molar-refractivity contribution < 1.29 is 0 Å². The van der Waals surface area contributed by atoms with Crippen LogP contribution in [0.1, 0.15) is 25.0 Å². The van der Waals surface area contributed by atoms with E-state index in [4.69, 9.17) is 9.97 Å². The lowest BCUT2D eigenvalue weighted by molar-refractivity contribution is 0.661. The molecule has 2 nitrogen and oxygen atoms in total. The van der Waals surface area contributed by atoms with Crippen molar-refractivity contribution in [3.05, 3.63) is 205 Å². The standard InChI is InChI=1S/C55H38N2/c1-55(2)50-33-41(25-26-47(50)49-31-39-17-8-9-18-40(39)32-51(49)55)38-19-12-20-42(29-38)44-27-28-48(46-22-11-10-21-45(44)46)54-56-52(36-14-4-3-5-15-36)34-53(57-54)43-24-23-35-13-6-7-16-37(35)30-43/h3-34H,1-2H3. The molecule has 0 spiro atoms. The SMILES string of the molecule is CC1(C)c2cc(-c3cccc(-c4ccc(-c5nc(-c6ccccc6)cc(-c6ccc7ccccc7c6)n5)c5ccccc45)c3)ccc2-c2cc3ccccc3cc21. The molecule has 0 fully saturated rings. The Morgan fingerprint density at radius 2 is 0.860 bits per heavy atom. The zero-order valence-electron chi connectivity index (χ0n) is 31.9. The largest absolute Gasteiger partial charge is 0.228 e. The highest BCUT2D eigenvalue weighted by atomic mass is 14.9. The number of hydrogen-bond acceptors (Lipinski definition) is 2. The van der Waals surface area contributed by atoms with Crippen LogP contribution in [0.3, 0.4) is 0 Å². The van der Waals surface area contributed by atoms with Gasteiger partial charge in [0.15, 0.2) is 5.82 Å². The Bertz CT molecular complexity index is 3210. The van der Waals surface area contributed by atoms with Crippen molar-refractivity contribution in [2.75, 3.05) is 0 Å². The van der Waals surface area contributed by atoms with Gasteiger partial charge in [0.25, 0.3) is 0 Å². The van der Waals surface area contributed by atoms with Crippen LogP contribution in [0.4, 0.5) is 0 Å². The van der Waals surface area contributed by atoms with Crippen molar-refractivity contribution in [3.8, 4) is 67.3 Å². The molecule has 11 rings (SSSR count). The van der Waals surface area contributed by atoms with Crippen LogP contribution >= 0.6 is 0 Å². The maximum absolute atomic E-state index is 5.27. The highest BCUT2D eigenvalue weighted by Crippen LogP contribution is 2.51. The van der Waals surface area contributed by atoms with Gasteiger partial charge < -0.3 is 0 Å². The molecule has 0 unspecified atom stereocenters. The first-order chi connectivity index (χ1) is 28.0. The first kappa shape index (κ1) is 33.2. The number of rotatable bonds is 5. The molecule has 0 saturated carbocycles. The molecular formula is C55H38N2. The van der Waals surface area contributed by atoms with Gasteiger partial charge in [-0.15, -0.1) is 0 Å². The van der Waals surface area contributed by atoms with Crippen LogP contribution in [0, 0.1) is 0 Å². The summed E-state index contributed by atoms with van der Waals surface area (Å²) in [6.45, 7) is 4.73. The van der Waals surface area contributed by atoms with E-state index in [1.807, 2.05) is 6.07 Å². The zero-order valence-corrected chi connectivity index (χ0v) is 31.9. The average molecular weight is 727 g/mol. The van der Waals surface area contributed by atoms with E-state index in [0.29, 0.717) is 5.82 Å². The zero-order chi connectivity index (χ0) is 38.1. The summed E-state index contributed by atoms with van der Waals surface area (Å²) in [5, 5.41) is 7.28. The van der Waals surface area contributed by atoms with E-state index < -0.39 is 0 Å². The molecule has 268 valence electrons. The summed E-state index contributed by atoms with van der Waals surface area (Å²) in [6.07, 6.45) is 0. The number of benzene rings is 9. The Labute approximate surface area is 332 Å². The maximum Gasteiger partial charge on any atom is 0.161 e. The molecule has 1 aromatic heterocycles. The quantitative estimate of drug-likeness (QED) is 0.176. The molecule has 57 heavy (non-hydrogen) atoms. The molecule has 0 bridgehead atoms. The normalized spacial score (nSPS) is 12.9. The van der Waals surface area contributed by atoms with Crippen LogP contribution in [0.25, 0.3) is 99.6 Å². The highest BCUT2D eigenvalue weighted by Gasteiger charge is 2.36. The predicted molar refractivity (Wildman–Crippen MR) is 239 cm³/mol. The Morgan fingerprint density at radius 3 is 1.65 bits per heavy atom. The van der Waals surface area contributed by atoms with Gasteiger partial charge in [-0.1, -0.05) is 166 Å². The van der Waals surface area contributed by atoms with Crippen LogP contribution in [-0.4, -0.2) is 9.97 Å². The van der Waals surface area contributed by atoms with E-state index in [9.17, 15) is 0 Å². The molecule has 1 aliphatic carbocycles. The van der Waals surface area contributed by atoms with Gasteiger partial charge in [-0.3, -0.25) is 0 Å². The van der Waals surface area contributed by atoms with Gasteiger partial charge in [-0.25, -0.2) is 9.97 Å². The van der Waals surface area contributed by atoms with Crippen LogP contribution < -0.4 is 0 Å². The van der Waals surface area contributed by atoms with Crippen LogP contribution in [0.5, 0.6) is 0 Å². The van der Waals surface area contributed by atoms with E-state index in [1.54, 1.807) is 0 Å². The van der Waals surface area contributed by atoms with E-state index in [1.165, 1.54) is 71.4 Å². The smallest absolute Gasteiger partial charge is 0.161 e. The average Bonchev–Trinajstić information content (AvgIpc) is 3.49. The minimum atomic E-state index is -0.0948. The van der Waals surface area contributed by atoms with Crippen molar-refractivity contribution in [3.63, 3.8) is 0 Å². The molecular weight excluding hydrogens is 689 g/mol. The molecule has 1 aliphatic rings. The fourth-order valence-electron chi connectivity index (χ4n) is 9.03. The monoisotopic (exact) mass is 726 g/mol. The Kier molecular flexibility index (Phi) is 7.55. The van der Waals surface area contributed by atoms with Gasteiger partial charge in [-0.2, -0.15) is 0 Å². The molecule has 0 radical (unpaired) electrons. The third kappa shape index (κ3) is 5.56. The molecule has 0 saturated heterocycles. The molecule has 10 aromatic rings. The lowest BCUT2D eigenvalue weighted by Gasteiger charge is -2.22. The third-order valence-electron chi connectivity index (χ3n) is 12.1. The van der Waals surface area contributed by atoms with Crippen molar-refractivity contribution in [1.82, 2.24) is 9.97 Å². The molecule has 0 amide bonds. The molecule has 1 heterocycles. The molecule has 0 aliphatic heterocycles. The molecule has 0 atom stereocenters. The van der Waals surface area contributed by atoms with E-state index in [2.05, 4.69) is 202 Å². The second-order valence-corrected chi connectivity index (χ2v) is 15.8. The molecule has 0 N–H and O–H groups in total. The van der Waals surface area contributed by atoms with E-state index in [-0.39, 0.29) is 5.41 Å². The Morgan fingerprint density at radius 1 is 0.316 bits per heavy atom. The summed E-state index contributed by atoms with van der Waals surface area (Å²) in [7, 11) is 0. The minimum absolute atomic E-state index is 0.0948. The maximum atomic E-state index is 5.27.